The van der Waals surface area contributed by atoms with Gasteiger partial charge in [0.25, 0.3) is 0 Å². The number of hydrogen-bond acceptors (Lipinski definition) is 5. The smallest absolute Gasteiger partial charge is 0.148 e. The Hall–Kier alpha value is -1.76. The maximum Gasteiger partial charge on any atom is 0.148 e. The molecule has 1 N–H and O–H groups in total. The van der Waals surface area contributed by atoms with Crippen molar-refractivity contribution in [3.05, 3.63) is 41.2 Å². The molecule has 3 fully saturated rings. The third kappa shape index (κ3) is 4.11. The molecule has 154 valence electrons. The van der Waals surface area contributed by atoms with Gasteiger partial charge in [-0.3, -0.25) is 0 Å². The summed E-state index contributed by atoms with van der Waals surface area (Å²) in [6, 6.07) is 8.46. The first-order valence-corrected chi connectivity index (χ1v) is 10.8. The number of rotatable bonds is 5. The van der Waals surface area contributed by atoms with Gasteiger partial charge in [0, 0.05) is 44.5 Å². The Morgan fingerprint density at radius 1 is 1.14 bits per heavy atom. The molecule has 7 heteroatoms. The van der Waals surface area contributed by atoms with Crippen LogP contribution >= 0.6 is 11.6 Å². The van der Waals surface area contributed by atoms with Crippen molar-refractivity contribution in [1.29, 1.82) is 0 Å². The number of ether oxygens (including phenoxy) is 1. The number of anilines is 1. The number of aromatic nitrogens is 2. The van der Waals surface area contributed by atoms with Crippen molar-refractivity contribution in [3.8, 4) is 11.3 Å². The highest BCUT2D eigenvalue weighted by Crippen LogP contribution is 2.49. The number of nitrogens with one attached hydrogen (secondary N) is 1. The van der Waals surface area contributed by atoms with Crippen molar-refractivity contribution in [2.45, 2.75) is 31.7 Å². The monoisotopic (exact) mass is 416 g/mol. The Bertz CT molecular complexity index is 858. The average molecular weight is 417 g/mol. The van der Waals surface area contributed by atoms with Crippen LogP contribution in [0.5, 0.6) is 0 Å². The van der Waals surface area contributed by atoms with Crippen LogP contribution in [0.3, 0.4) is 0 Å². The van der Waals surface area contributed by atoms with E-state index in [1.54, 1.807) is 0 Å². The molecule has 5 nitrogen and oxygen atoms in total. The lowest BCUT2D eigenvalue weighted by Crippen LogP contribution is -2.65. The molecule has 0 unspecified atom stereocenters. The Morgan fingerprint density at radius 3 is 2.66 bits per heavy atom. The normalized spacial score (nSPS) is 22.3. The zero-order valence-corrected chi connectivity index (χ0v) is 17.2. The van der Waals surface area contributed by atoms with Gasteiger partial charge in [0.05, 0.1) is 10.7 Å². The second-order valence-corrected chi connectivity index (χ2v) is 9.31. The molecular weight excluding hydrogens is 391 g/mol. The zero-order valence-electron chi connectivity index (χ0n) is 16.4. The summed E-state index contributed by atoms with van der Waals surface area (Å²) in [5.41, 5.74) is 1.64. The van der Waals surface area contributed by atoms with E-state index in [1.165, 1.54) is 63.5 Å². The molecule has 1 aliphatic carbocycles. The van der Waals surface area contributed by atoms with E-state index in [0.29, 0.717) is 27.7 Å². The van der Waals surface area contributed by atoms with Crippen LogP contribution in [0.1, 0.15) is 25.7 Å². The van der Waals surface area contributed by atoms with Crippen LogP contribution in [-0.2, 0) is 4.74 Å². The Morgan fingerprint density at radius 2 is 1.93 bits per heavy atom. The number of halogens is 2. The Balaban J connectivity index is 1.10. The van der Waals surface area contributed by atoms with Crippen molar-refractivity contribution in [3.63, 3.8) is 0 Å². The quantitative estimate of drug-likeness (QED) is 0.790. The van der Waals surface area contributed by atoms with E-state index in [4.69, 9.17) is 16.3 Å². The minimum absolute atomic E-state index is 0.334. The van der Waals surface area contributed by atoms with E-state index in [1.807, 2.05) is 12.1 Å². The minimum atomic E-state index is -0.334. The molecule has 29 heavy (non-hydrogen) atoms. The lowest BCUT2D eigenvalue weighted by Gasteiger charge is -2.60. The van der Waals surface area contributed by atoms with Crippen molar-refractivity contribution >= 4 is 17.4 Å². The van der Waals surface area contributed by atoms with Gasteiger partial charge in [-0.2, -0.15) is 0 Å². The predicted octanol–water partition coefficient (Wildman–Crippen LogP) is 4.24. The molecule has 2 saturated heterocycles. The molecule has 0 amide bonds. The summed E-state index contributed by atoms with van der Waals surface area (Å²) in [5, 5.41) is 12.5. The SMILES string of the molecule is Fc1ccc(Cl)c(-c2ccc(NC3CC4(C3)CN(CC3CCOCC3)C4)nn2)c1. The average Bonchev–Trinajstić information content (AvgIpc) is 2.68. The zero-order chi connectivity index (χ0) is 19.8. The highest BCUT2D eigenvalue weighted by Gasteiger charge is 2.52. The first kappa shape index (κ1) is 19.2. The fourth-order valence-corrected chi connectivity index (χ4v) is 5.34. The molecule has 0 bridgehead atoms. The van der Waals surface area contributed by atoms with Crippen LogP contribution in [0.15, 0.2) is 30.3 Å². The van der Waals surface area contributed by atoms with Gasteiger partial charge in [0.1, 0.15) is 11.6 Å². The van der Waals surface area contributed by atoms with Gasteiger partial charge in [-0.05, 0) is 67.3 Å². The minimum Gasteiger partial charge on any atom is -0.381 e. The summed E-state index contributed by atoms with van der Waals surface area (Å²) in [5.74, 6) is 1.24. The van der Waals surface area contributed by atoms with Crippen LogP contribution in [0.2, 0.25) is 5.02 Å². The Kier molecular flexibility index (Phi) is 5.18. The number of hydrogen-bond donors (Lipinski definition) is 1. The molecule has 1 spiro atoms. The molecule has 3 aliphatic rings. The molecule has 2 aromatic rings. The van der Waals surface area contributed by atoms with E-state index < -0.39 is 0 Å². The van der Waals surface area contributed by atoms with E-state index in [-0.39, 0.29) is 5.82 Å². The van der Waals surface area contributed by atoms with Gasteiger partial charge in [0.15, 0.2) is 0 Å². The molecule has 0 radical (unpaired) electrons. The number of likely N-dealkylation sites (tertiary alicyclic amines) is 1. The predicted molar refractivity (Wildman–Crippen MR) is 111 cm³/mol. The summed E-state index contributed by atoms with van der Waals surface area (Å²) in [6.07, 6.45) is 4.80. The molecule has 5 rings (SSSR count). The van der Waals surface area contributed by atoms with Crippen LogP contribution in [0.25, 0.3) is 11.3 Å². The fraction of sp³-hybridized carbons (Fsp3) is 0.545. The molecule has 1 aromatic heterocycles. The van der Waals surface area contributed by atoms with E-state index in [9.17, 15) is 4.39 Å². The van der Waals surface area contributed by atoms with Gasteiger partial charge < -0.3 is 15.0 Å². The van der Waals surface area contributed by atoms with Crippen LogP contribution in [0, 0.1) is 17.2 Å². The lowest BCUT2D eigenvalue weighted by molar-refractivity contribution is -0.0795. The molecule has 3 heterocycles. The standard InChI is InChI=1S/C22H26ClFN4O/c23-19-2-1-16(24)9-18(19)20-3-4-21(27-26-20)25-17-10-22(11-17)13-28(14-22)12-15-5-7-29-8-6-15/h1-4,9,15,17H,5-8,10-14H2,(H,25,27). The molecule has 1 aromatic carbocycles. The van der Waals surface area contributed by atoms with Crippen LogP contribution < -0.4 is 5.32 Å². The second-order valence-electron chi connectivity index (χ2n) is 8.90. The number of benzene rings is 1. The largest absolute Gasteiger partial charge is 0.381 e. The van der Waals surface area contributed by atoms with Gasteiger partial charge in [0.2, 0.25) is 0 Å². The maximum atomic E-state index is 13.5. The molecule has 1 saturated carbocycles. The summed E-state index contributed by atoms with van der Waals surface area (Å²) in [4.78, 5) is 2.61. The highest BCUT2D eigenvalue weighted by molar-refractivity contribution is 6.33. The van der Waals surface area contributed by atoms with Crippen molar-refractivity contribution in [2.24, 2.45) is 11.3 Å². The lowest BCUT2D eigenvalue weighted by atomic mass is 9.60. The third-order valence-corrected chi connectivity index (χ3v) is 6.88. The Labute approximate surface area is 175 Å². The number of nitrogens with zero attached hydrogens (tertiary/aromatic N) is 3. The van der Waals surface area contributed by atoms with E-state index >= 15 is 0 Å². The summed E-state index contributed by atoms with van der Waals surface area (Å²) >= 11 is 6.15. The summed E-state index contributed by atoms with van der Waals surface area (Å²) < 4.78 is 18.9. The molecule has 2 aliphatic heterocycles. The van der Waals surface area contributed by atoms with Crippen molar-refractivity contribution < 1.29 is 9.13 Å². The van der Waals surface area contributed by atoms with Gasteiger partial charge in [-0.1, -0.05) is 11.6 Å². The van der Waals surface area contributed by atoms with E-state index in [0.717, 1.165) is 24.9 Å². The molecule has 0 atom stereocenters. The topological polar surface area (TPSA) is 50.3 Å². The first-order chi connectivity index (χ1) is 14.1. The maximum absolute atomic E-state index is 13.5. The molecular formula is C22H26ClFN4O. The van der Waals surface area contributed by atoms with Crippen LogP contribution in [-0.4, -0.2) is 54.0 Å². The van der Waals surface area contributed by atoms with Gasteiger partial charge in [-0.15, -0.1) is 10.2 Å². The third-order valence-electron chi connectivity index (χ3n) is 6.56. The van der Waals surface area contributed by atoms with Crippen LogP contribution in [0.4, 0.5) is 10.2 Å². The van der Waals surface area contributed by atoms with Gasteiger partial charge in [-0.25, -0.2) is 4.39 Å². The highest BCUT2D eigenvalue weighted by atomic mass is 35.5. The first-order valence-electron chi connectivity index (χ1n) is 10.4. The van der Waals surface area contributed by atoms with Gasteiger partial charge >= 0.3 is 0 Å². The summed E-state index contributed by atoms with van der Waals surface area (Å²) in [6.45, 7) is 5.55. The summed E-state index contributed by atoms with van der Waals surface area (Å²) in [7, 11) is 0. The van der Waals surface area contributed by atoms with E-state index in [2.05, 4.69) is 20.4 Å². The van der Waals surface area contributed by atoms with Crippen molar-refractivity contribution in [2.75, 3.05) is 38.2 Å². The van der Waals surface area contributed by atoms with Crippen molar-refractivity contribution in [1.82, 2.24) is 15.1 Å². The fourth-order valence-electron chi connectivity index (χ4n) is 5.13. The second kappa shape index (κ2) is 7.82.